The Bertz CT molecular complexity index is 271. The highest BCUT2D eigenvalue weighted by molar-refractivity contribution is 5.76. The van der Waals surface area contributed by atoms with Gasteiger partial charge in [0.05, 0.1) is 5.41 Å². The molecule has 1 heterocycles. The van der Waals surface area contributed by atoms with Crippen LogP contribution in [0.1, 0.15) is 39.5 Å². The molecular formula is C13H23NO2. The fourth-order valence-electron chi connectivity index (χ4n) is 3.47. The summed E-state index contributed by atoms with van der Waals surface area (Å²) in [6.45, 7) is 6.11. The average Bonchev–Trinajstić information content (AvgIpc) is 2.72. The summed E-state index contributed by atoms with van der Waals surface area (Å²) in [5.74, 6) is 1.24. The van der Waals surface area contributed by atoms with E-state index in [1.165, 1.54) is 6.42 Å². The monoisotopic (exact) mass is 225 g/mol. The summed E-state index contributed by atoms with van der Waals surface area (Å²) in [4.78, 5) is 11.6. The minimum absolute atomic E-state index is 0.381. The predicted molar refractivity (Wildman–Crippen MR) is 63.2 cm³/mol. The van der Waals surface area contributed by atoms with Gasteiger partial charge in [-0.1, -0.05) is 20.3 Å². The van der Waals surface area contributed by atoms with Crippen molar-refractivity contribution in [2.45, 2.75) is 39.5 Å². The van der Waals surface area contributed by atoms with E-state index in [1.54, 1.807) is 0 Å². The first-order chi connectivity index (χ1) is 7.56. The van der Waals surface area contributed by atoms with Gasteiger partial charge in [0.2, 0.25) is 0 Å². The van der Waals surface area contributed by atoms with E-state index < -0.39 is 11.4 Å². The summed E-state index contributed by atoms with van der Waals surface area (Å²) in [7, 11) is 0. The molecule has 0 radical (unpaired) electrons. The quantitative estimate of drug-likeness (QED) is 0.757. The van der Waals surface area contributed by atoms with Crippen LogP contribution in [0.4, 0.5) is 0 Å². The molecule has 3 heteroatoms. The summed E-state index contributed by atoms with van der Waals surface area (Å²) in [5.41, 5.74) is -0.464. The van der Waals surface area contributed by atoms with E-state index in [2.05, 4.69) is 19.2 Å². The third-order valence-corrected chi connectivity index (χ3v) is 4.99. The average molecular weight is 225 g/mol. The van der Waals surface area contributed by atoms with Crippen molar-refractivity contribution in [2.24, 2.45) is 23.2 Å². The number of aliphatic carboxylic acids is 1. The number of rotatable bonds is 2. The lowest BCUT2D eigenvalue weighted by molar-refractivity contribution is -0.152. The molecule has 0 amide bonds. The Morgan fingerprint density at radius 2 is 2.06 bits per heavy atom. The maximum Gasteiger partial charge on any atom is 0.311 e. The third-order valence-electron chi connectivity index (χ3n) is 4.99. The predicted octanol–water partition coefficient (Wildman–Crippen LogP) is 2.12. The van der Waals surface area contributed by atoms with Crippen LogP contribution in [-0.2, 0) is 4.79 Å². The molecular weight excluding hydrogens is 202 g/mol. The first kappa shape index (κ1) is 11.9. The van der Waals surface area contributed by atoms with Gasteiger partial charge >= 0.3 is 5.97 Å². The van der Waals surface area contributed by atoms with Gasteiger partial charge in [0, 0.05) is 6.54 Å². The summed E-state index contributed by atoms with van der Waals surface area (Å²) >= 11 is 0. The molecule has 0 aromatic rings. The van der Waals surface area contributed by atoms with Gasteiger partial charge in [-0.2, -0.15) is 0 Å². The standard InChI is InChI=1S/C13H23NO2/c1-9-3-4-11(7-10(9)2)13(12(15)16)5-6-14-8-13/h9-11,14H,3-8H2,1-2H3,(H,15,16). The van der Waals surface area contributed by atoms with Crippen molar-refractivity contribution in [3.8, 4) is 0 Å². The van der Waals surface area contributed by atoms with E-state index in [4.69, 9.17) is 0 Å². The Labute approximate surface area is 97.6 Å². The second kappa shape index (κ2) is 4.36. The molecule has 16 heavy (non-hydrogen) atoms. The highest BCUT2D eigenvalue weighted by atomic mass is 16.4. The van der Waals surface area contributed by atoms with Crippen molar-refractivity contribution >= 4 is 5.97 Å². The second-order valence-corrected chi connectivity index (χ2v) is 5.85. The zero-order chi connectivity index (χ0) is 11.8. The van der Waals surface area contributed by atoms with Crippen LogP contribution in [0.3, 0.4) is 0 Å². The number of carbonyl (C=O) groups is 1. The molecule has 1 saturated carbocycles. The normalized spacial score (nSPS) is 44.5. The maximum atomic E-state index is 11.6. The molecule has 1 saturated heterocycles. The molecule has 4 unspecified atom stereocenters. The Kier molecular flexibility index (Phi) is 3.24. The first-order valence-electron chi connectivity index (χ1n) is 6.50. The van der Waals surface area contributed by atoms with Crippen LogP contribution in [0, 0.1) is 23.2 Å². The van der Waals surface area contributed by atoms with Crippen LogP contribution in [0.25, 0.3) is 0 Å². The maximum absolute atomic E-state index is 11.6. The summed E-state index contributed by atoms with van der Waals surface area (Å²) in [6, 6.07) is 0. The molecule has 1 aliphatic heterocycles. The van der Waals surface area contributed by atoms with Gasteiger partial charge in [-0.25, -0.2) is 0 Å². The number of carboxylic acids is 1. The Morgan fingerprint density at radius 3 is 2.56 bits per heavy atom. The lowest BCUT2D eigenvalue weighted by Crippen LogP contribution is -2.43. The third kappa shape index (κ3) is 1.86. The van der Waals surface area contributed by atoms with Gasteiger partial charge in [0.1, 0.15) is 0 Å². The molecule has 0 aromatic carbocycles. The van der Waals surface area contributed by atoms with Gasteiger partial charge in [-0.05, 0) is 43.6 Å². The summed E-state index contributed by atoms with van der Waals surface area (Å²) < 4.78 is 0. The van der Waals surface area contributed by atoms with E-state index in [1.807, 2.05) is 0 Å². The summed E-state index contributed by atoms with van der Waals surface area (Å²) in [6.07, 6.45) is 4.20. The molecule has 2 rings (SSSR count). The van der Waals surface area contributed by atoms with Gasteiger partial charge in [-0.3, -0.25) is 4.79 Å². The van der Waals surface area contributed by atoms with E-state index in [0.29, 0.717) is 18.4 Å². The molecule has 0 aromatic heterocycles. The molecule has 3 nitrogen and oxygen atoms in total. The fraction of sp³-hybridized carbons (Fsp3) is 0.923. The van der Waals surface area contributed by atoms with Gasteiger partial charge < -0.3 is 10.4 Å². The zero-order valence-corrected chi connectivity index (χ0v) is 10.3. The van der Waals surface area contributed by atoms with Crippen molar-refractivity contribution in [3.05, 3.63) is 0 Å². The largest absolute Gasteiger partial charge is 0.481 e. The molecule has 1 aliphatic carbocycles. The minimum atomic E-state index is -0.579. The lowest BCUT2D eigenvalue weighted by Gasteiger charge is -2.40. The van der Waals surface area contributed by atoms with Crippen LogP contribution in [0.5, 0.6) is 0 Å². The van der Waals surface area contributed by atoms with Crippen LogP contribution >= 0.6 is 0 Å². The van der Waals surface area contributed by atoms with Crippen molar-refractivity contribution in [1.82, 2.24) is 5.32 Å². The zero-order valence-electron chi connectivity index (χ0n) is 10.3. The molecule has 92 valence electrons. The van der Waals surface area contributed by atoms with Crippen LogP contribution < -0.4 is 5.32 Å². The summed E-state index contributed by atoms with van der Waals surface area (Å²) in [5, 5.41) is 12.8. The van der Waals surface area contributed by atoms with Crippen molar-refractivity contribution < 1.29 is 9.90 Å². The first-order valence-corrected chi connectivity index (χ1v) is 6.50. The Hall–Kier alpha value is -0.570. The molecule has 0 spiro atoms. The van der Waals surface area contributed by atoms with Crippen molar-refractivity contribution in [1.29, 1.82) is 0 Å². The van der Waals surface area contributed by atoms with Crippen molar-refractivity contribution in [2.75, 3.05) is 13.1 Å². The molecule has 2 fully saturated rings. The second-order valence-electron chi connectivity index (χ2n) is 5.85. The number of nitrogens with one attached hydrogen (secondary N) is 1. The van der Waals surface area contributed by atoms with Crippen LogP contribution in [0.15, 0.2) is 0 Å². The molecule has 0 bridgehead atoms. The molecule has 2 aliphatic rings. The minimum Gasteiger partial charge on any atom is -0.481 e. The van der Waals surface area contributed by atoms with Crippen molar-refractivity contribution in [3.63, 3.8) is 0 Å². The Balaban J connectivity index is 2.13. The molecule has 4 atom stereocenters. The van der Waals surface area contributed by atoms with E-state index >= 15 is 0 Å². The molecule has 2 N–H and O–H groups in total. The Morgan fingerprint density at radius 1 is 1.31 bits per heavy atom. The number of carboxylic acid groups (broad SMARTS) is 1. The van der Waals surface area contributed by atoms with E-state index in [-0.39, 0.29) is 0 Å². The lowest BCUT2D eigenvalue weighted by atomic mass is 9.63. The van der Waals surface area contributed by atoms with Gasteiger partial charge in [-0.15, -0.1) is 0 Å². The van der Waals surface area contributed by atoms with Crippen LogP contribution in [-0.4, -0.2) is 24.2 Å². The number of hydrogen-bond acceptors (Lipinski definition) is 2. The topological polar surface area (TPSA) is 49.3 Å². The van der Waals surface area contributed by atoms with Gasteiger partial charge in [0.25, 0.3) is 0 Å². The highest BCUT2D eigenvalue weighted by Crippen LogP contribution is 2.46. The van der Waals surface area contributed by atoms with Crippen LogP contribution in [0.2, 0.25) is 0 Å². The van der Waals surface area contributed by atoms with E-state index in [9.17, 15) is 9.90 Å². The van der Waals surface area contributed by atoms with E-state index in [0.717, 1.165) is 31.7 Å². The van der Waals surface area contributed by atoms with Gasteiger partial charge in [0.15, 0.2) is 0 Å². The number of hydrogen-bond donors (Lipinski definition) is 2. The smallest absolute Gasteiger partial charge is 0.311 e. The highest BCUT2D eigenvalue weighted by Gasteiger charge is 2.49. The SMILES string of the molecule is CC1CCC(C2(C(=O)O)CCNC2)CC1C. The fourth-order valence-corrected chi connectivity index (χ4v) is 3.47.